The lowest BCUT2D eigenvalue weighted by Crippen LogP contribution is -2.45. The number of hydrogen-bond donors (Lipinski definition) is 0. The van der Waals surface area contributed by atoms with Gasteiger partial charge < -0.3 is 14.1 Å². The van der Waals surface area contributed by atoms with Crippen LogP contribution in [-0.4, -0.2) is 53.3 Å². The van der Waals surface area contributed by atoms with Crippen molar-refractivity contribution in [2.45, 2.75) is 37.5 Å². The van der Waals surface area contributed by atoms with Gasteiger partial charge in [0.2, 0.25) is 5.95 Å². The van der Waals surface area contributed by atoms with E-state index in [9.17, 15) is 4.39 Å². The second-order valence-corrected chi connectivity index (χ2v) is 7.03. The molecule has 4 rings (SSSR count). The summed E-state index contributed by atoms with van der Waals surface area (Å²) in [6, 6.07) is 4.32. The predicted octanol–water partition coefficient (Wildman–Crippen LogP) is 2.47. The molecule has 2 saturated heterocycles. The van der Waals surface area contributed by atoms with Crippen molar-refractivity contribution in [3.8, 4) is 0 Å². The molecule has 0 unspecified atom stereocenters. The van der Waals surface area contributed by atoms with Crippen molar-refractivity contribution >= 4 is 5.95 Å². The molecular formula is C18H23FN4O2. The zero-order chi connectivity index (χ0) is 17.3. The van der Waals surface area contributed by atoms with E-state index in [1.54, 1.807) is 6.26 Å². The molecule has 0 bridgehead atoms. The fourth-order valence-corrected chi connectivity index (χ4v) is 3.81. The Bertz CT molecular complexity index is 684. The van der Waals surface area contributed by atoms with Crippen molar-refractivity contribution in [1.82, 2.24) is 14.9 Å². The smallest absolute Gasteiger partial charge is 0.225 e. The summed E-state index contributed by atoms with van der Waals surface area (Å²) in [5.41, 5.74) is -0.0569. The third-order valence-corrected chi connectivity index (χ3v) is 5.36. The summed E-state index contributed by atoms with van der Waals surface area (Å²) in [4.78, 5) is 12.6. The van der Waals surface area contributed by atoms with Crippen molar-refractivity contribution in [3.63, 3.8) is 0 Å². The van der Waals surface area contributed by atoms with Crippen LogP contribution in [0.3, 0.4) is 0 Å². The van der Waals surface area contributed by atoms with Gasteiger partial charge in [0.25, 0.3) is 0 Å². The van der Waals surface area contributed by atoms with Crippen LogP contribution >= 0.6 is 0 Å². The first-order chi connectivity index (χ1) is 12.1. The van der Waals surface area contributed by atoms with E-state index in [0.717, 1.165) is 51.3 Å². The molecular weight excluding hydrogens is 323 g/mol. The van der Waals surface area contributed by atoms with E-state index in [1.807, 2.05) is 12.1 Å². The van der Waals surface area contributed by atoms with Crippen molar-refractivity contribution < 1.29 is 13.5 Å². The average molecular weight is 346 g/mol. The summed E-state index contributed by atoms with van der Waals surface area (Å²) in [6.07, 6.45) is 7.07. The Kier molecular flexibility index (Phi) is 4.43. The Balaban J connectivity index is 1.33. The van der Waals surface area contributed by atoms with E-state index in [1.165, 1.54) is 12.4 Å². The molecule has 2 fully saturated rings. The van der Waals surface area contributed by atoms with Crippen LogP contribution in [0.25, 0.3) is 0 Å². The second kappa shape index (κ2) is 6.72. The summed E-state index contributed by atoms with van der Waals surface area (Å²) in [5.74, 6) is 1.17. The van der Waals surface area contributed by atoms with Gasteiger partial charge >= 0.3 is 0 Å². The highest BCUT2D eigenvalue weighted by atomic mass is 19.1. The zero-order valence-corrected chi connectivity index (χ0v) is 14.4. The molecule has 2 aliphatic heterocycles. The van der Waals surface area contributed by atoms with Crippen molar-refractivity contribution in [2.24, 2.45) is 0 Å². The summed E-state index contributed by atoms with van der Waals surface area (Å²) in [7, 11) is 2.12. The SMILES string of the molecule is CN(Cc1ccco1)[C@@H]1COC2(CCN(c3ncc(F)cn3)CC2)C1. The van der Waals surface area contributed by atoms with E-state index < -0.39 is 5.82 Å². The lowest BCUT2D eigenvalue weighted by Gasteiger charge is -2.38. The number of piperidine rings is 1. The maximum atomic E-state index is 13.0. The highest BCUT2D eigenvalue weighted by molar-refractivity contribution is 5.30. The first-order valence-corrected chi connectivity index (χ1v) is 8.73. The lowest BCUT2D eigenvalue weighted by molar-refractivity contribution is -0.0159. The highest BCUT2D eigenvalue weighted by Gasteiger charge is 2.44. The van der Waals surface area contributed by atoms with Gasteiger partial charge in [-0.15, -0.1) is 0 Å². The van der Waals surface area contributed by atoms with Crippen LogP contribution in [0, 0.1) is 5.82 Å². The van der Waals surface area contributed by atoms with E-state index >= 15 is 0 Å². The molecule has 7 heteroatoms. The fraction of sp³-hybridized carbons (Fsp3) is 0.556. The first kappa shape index (κ1) is 16.5. The third kappa shape index (κ3) is 3.52. The van der Waals surface area contributed by atoms with Crippen LogP contribution in [0.1, 0.15) is 25.0 Å². The van der Waals surface area contributed by atoms with E-state index in [4.69, 9.17) is 9.15 Å². The molecule has 2 aliphatic rings. The van der Waals surface area contributed by atoms with Crippen LogP contribution in [0.5, 0.6) is 0 Å². The fourth-order valence-electron chi connectivity index (χ4n) is 3.81. The maximum absolute atomic E-state index is 13.0. The number of hydrogen-bond acceptors (Lipinski definition) is 6. The van der Waals surface area contributed by atoms with Gasteiger partial charge in [-0.25, -0.2) is 14.4 Å². The Morgan fingerprint density at radius 3 is 2.76 bits per heavy atom. The van der Waals surface area contributed by atoms with Gasteiger partial charge in [0.1, 0.15) is 5.76 Å². The number of anilines is 1. The molecule has 1 atom stereocenters. The molecule has 6 nitrogen and oxygen atoms in total. The Hall–Kier alpha value is -1.99. The van der Waals surface area contributed by atoms with Crippen LogP contribution in [0.15, 0.2) is 35.2 Å². The zero-order valence-electron chi connectivity index (χ0n) is 14.4. The van der Waals surface area contributed by atoms with Gasteiger partial charge in [0.05, 0.1) is 37.4 Å². The van der Waals surface area contributed by atoms with Gasteiger partial charge in [-0.05, 0) is 38.4 Å². The van der Waals surface area contributed by atoms with Gasteiger partial charge in [0, 0.05) is 19.1 Å². The van der Waals surface area contributed by atoms with Crippen LogP contribution in [0.4, 0.5) is 10.3 Å². The number of ether oxygens (including phenoxy) is 1. The minimum absolute atomic E-state index is 0.0569. The summed E-state index contributed by atoms with van der Waals surface area (Å²) >= 11 is 0. The second-order valence-electron chi connectivity index (χ2n) is 7.03. The minimum Gasteiger partial charge on any atom is -0.468 e. The molecule has 25 heavy (non-hydrogen) atoms. The average Bonchev–Trinajstić information content (AvgIpc) is 3.27. The number of likely N-dealkylation sites (N-methyl/N-ethyl adjacent to an activating group) is 1. The van der Waals surface area contributed by atoms with Crippen molar-refractivity contribution in [1.29, 1.82) is 0 Å². The molecule has 2 aromatic rings. The molecule has 134 valence electrons. The van der Waals surface area contributed by atoms with Crippen LogP contribution < -0.4 is 4.90 Å². The molecule has 0 saturated carbocycles. The van der Waals surface area contributed by atoms with Crippen LogP contribution in [-0.2, 0) is 11.3 Å². The number of halogens is 1. The van der Waals surface area contributed by atoms with E-state index in [-0.39, 0.29) is 5.60 Å². The standard InChI is InChI=1S/C18H23FN4O2/c1-22(12-16-3-2-8-24-16)15-9-18(25-13-15)4-6-23(7-5-18)17-20-10-14(19)11-21-17/h2-3,8,10-11,15H,4-7,9,12-13H2,1H3/t15-/m0/s1. The molecule has 0 N–H and O–H groups in total. The summed E-state index contributed by atoms with van der Waals surface area (Å²) in [5, 5.41) is 0. The van der Waals surface area contributed by atoms with Gasteiger partial charge in [-0.1, -0.05) is 0 Å². The number of furan rings is 1. The monoisotopic (exact) mass is 346 g/mol. The lowest BCUT2D eigenvalue weighted by atomic mass is 9.87. The molecule has 0 amide bonds. The van der Waals surface area contributed by atoms with Gasteiger partial charge in [-0.3, -0.25) is 4.90 Å². The molecule has 2 aromatic heterocycles. The van der Waals surface area contributed by atoms with Gasteiger partial charge in [-0.2, -0.15) is 0 Å². The molecule has 0 aliphatic carbocycles. The predicted molar refractivity (Wildman–Crippen MR) is 90.7 cm³/mol. The first-order valence-electron chi connectivity index (χ1n) is 8.73. The normalized spacial score (nSPS) is 22.8. The molecule has 0 radical (unpaired) electrons. The van der Waals surface area contributed by atoms with Crippen molar-refractivity contribution in [3.05, 3.63) is 42.4 Å². The maximum Gasteiger partial charge on any atom is 0.225 e. The number of rotatable bonds is 4. The third-order valence-electron chi connectivity index (χ3n) is 5.36. The highest BCUT2D eigenvalue weighted by Crippen LogP contribution is 2.38. The molecule has 0 aromatic carbocycles. The Morgan fingerprint density at radius 2 is 2.08 bits per heavy atom. The quantitative estimate of drug-likeness (QED) is 0.848. The Labute approximate surface area is 146 Å². The Morgan fingerprint density at radius 1 is 1.32 bits per heavy atom. The molecule has 1 spiro atoms. The van der Waals surface area contributed by atoms with E-state index in [2.05, 4.69) is 26.8 Å². The minimum atomic E-state index is -0.404. The number of nitrogens with zero attached hydrogens (tertiary/aromatic N) is 4. The largest absolute Gasteiger partial charge is 0.468 e. The molecule has 4 heterocycles. The van der Waals surface area contributed by atoms with Crippen molar-refractivity contribution in [2.75, 3.05) is 31.6 Å². The summed E-state index contributed by atoms with van der Waals surface area (Å²) in [6.45, 7) is 3.22. The topological polar surface area (TPSA) is 54.6 Å². The number of aromatic nitrogens is 2. The van der Waals surface area contributed by atoms with E-state index in [0.29, 0.717) is 12.0 Å². The van der Waals surface area contributed by atoms with Gasteiger partial charge in [0.15, 0.2) is 5.82 Å². The van der Waals surface area contributed by atoms with Crippen LogP contribution in [0.2, 0.25) is 0 Å². The summed E-state index contributed by atoms with van der Waals surface area (Å²) < 4.78 is 24.7.